The largest absolute Gasteiger partial charge is 0.355 e. The molecule has 1 aromatic carbocycles. The molecule has 0 bridgehead atoms. The van der Waals surface area contributed by atoms with E-state index in [9.17, 15) is 14.4 Å². The summed E-state index contributed by atoms with van der Waals surface area (Å²) in [5, 5.41) is 6.07. The second-order valence-corrected chi connectivity index (χ2v) is 5.72. The van der Waals surface area contributed by atoms with Gasteiger partial charge in [0, 0.05) is 24.7 Å². The monoisotopic (exact) mass is 331 g/mol. The molecule has 0 aliphatic carbocycles. The van der Waals surface area contributed by atoms with Crippen molar-refractivity contribution in [1.82, 2.24) is 15.4 Å². The average Bonchev–Trinajstić information content (AvgIpc) is 3.18. The van der Waals surface area contributed by atoms with Crippen molar-refractivity contribution >= 4 is 28.8 Å². The number of nitrogens with zero attached hydrogens (tertiary/aromatic N) is 2. The predicted octanol–water partition coefficient (Wildman–Crippen LogP) is 1.77. The first-order chi connectivity index (χ1) is 11.1. The number of amides is 3. The highest BCUT2D eigenvalue weighted by Crippen LogP contribution is 2.20. The number of rotatable bonds is 5. The highest BCUT2D eigenvalue weighted by atomic mass is 32.2. The molecule has 0 atom stereocenters. The number of imide groups is 1. The second kappa shape index (κ2) is 6.66. The summed E-state index contributed by atoms with van der Waals surface area (Å²) < 4.78 is 5.15. The van der Waals surface area contributed by atoms with E-state index in [2.05, 4.69) is 10.5 Å². The van der Waals surface area contributed by atoms with E-state index in [0.717, 1.165) is 22.2 Å². The molecule has 0 saturated carbocycles. The minimum atomic E-state index is -0.414. The lowest BCUT2D eigenvalue weighted by Crippen LogP contribution is -2.37. The Balaban J connectivity index is 1.56. The number of hydrogen-bond donors (Lipinski definition) is 1. The summed E-state index contributed by atoms with van der Waals surface area (Å²) in [5.74, 6) is 0.0121. The van der Waals surface area contributed by atoms with Gasteiger partial charge in [-0.15, -0.1) is 0 Å². The third kappa shape index (κ3) is 3.42. The molecule has 2 heterocycles. The van der Waals surface area contributed by atoms with Gasteiger partial charge in [0.25, 0.3) is 11.1 Å². The van der Waals surface area contributed by atoms with Gasteiger partial charge in [-0.2, -0.15) is 0 Å². The van der Waals surface area contributed by atoms with Crippen molar-refractivity contribution in [2.45, 2.75) is 0 Å². The molecule has 2 aromatic rings. The van der Waals surface area contributed by atoms with Crippen LogP contribution in [0.1, 0.15) is 10.5 Å². The zero-order valence-corrected chi connectivity index (χ0v) is 12.8. The molecular weight excluding hydrogens is 318 g/mol. The molecule has 0 unspecified atom stereocenters. The van der Waals surface area contributed by atoms with Gasteiger partial charge in [-0.1, -0.05) is 47.3 Å². The Morgan fingerprint density at radius 2 is 2.09 bits per heavy atom. The van der Waals surface area contributed by atoms with Crippen molar-refractivity contribution in [1.29, 1.82) is 0 Å². The van der Waals surface area contributed by atoms with E-state index in [1.165, 1.54) is 0 Å². The number of carbonyl (C=O) groups excluding carboxylic acids is 3. The van der Waals surface area contributed by atoms with Crippen molar-refractivity contribution in [2.75, 3.05) is 18.8 Å². The lowest BCUT2D eigenvalue weighted by Gasteiger charge is -2.12. The Morgan fingerprint density at radius 3 is 2.78 bits per heavy atom. The summed E-state index contributed by atoms with van der Waals surface area (Å²) in [6.45, 7) is 0.324. The number of carbonyl (C=O) groups is 3. The molecule has 23 heavy (non-hydrogen) atoms. The number of thioether (sulfide) groups is 1. The van der Waals surface area contributed by atoms with Gasteiger partial charge in [0.05, 0.1) is 5.75 Å². The molecule has 118 valence electrons. The minimum Gasteiger partial charge on any atom is -0.355 e. The molecule has 1 N–H and O–H groups in total. The topological polar surface area (TPSA) is 92.5 Å². The van der Waals surface area contributed by atoms with E-state index in [-0.39, 0.29) is 35.7 Å². The summed E-state index contributed by atoms with van der Waals surface area (Å²) in [6.07, 6.45) is 0. The van der Waals surface area contributed by atoms with Crippen LogP contribution in [0.25, 0.3) is 11.3 Å². The molecule has 1 aromatic heterocycles. The Bertz CT molecular complexity index is 728. The van der Waals surface area contributed by atoms with Gasteiger partial charge in [0.15, 0.2) is 11.5 Å². The summed E-state index contributed by atoms with van der Waals surface area (Å²) in [4.78, 5) is 36.0. The van der Waals surface area contributed by atoms with E-state index >= 15 is 0 Å². The van der Waals surface area contributed by atoms with Crippen LogP contribution in [0.3, 0.4) is 0 Å². The van der Waals surface area contributed by atoms with E-state index in [4.69, 9.17) is 4.52 Å². The van der Waals surface area contributed by atoms with Gasteiger partial charge in [0.2, 0.25) is 5.91 Å². The van der Waals surface area contributed by atoms with E-state index in [0.29, 0.717) is 5.76 Å². The highest BCUT2D eigenvalue weighted by Gasteiger charge is 2.29. The molecular formula is C15H13N3O4S. The number of nitrogens with one attached hydrogen (secondary N) is 1. The van der Waals surface area contributed by atoms with Crippen molar-refractivity contribution in [2.24, 2.45) is 0 Å². The number of aromatic nitrogens is 1. The maximum absolute atomic E-state index is 12.0. The van der Waals surface area contributed by atoms with E-state index in [1.54, 1.807) is 6.07 Å². The van der Waals surface area contributed by atoms with Crippen molar-refractivity contribution in [3.63, 3.8) is 0 Å². The standard InChI is InChI=1S/C15H13N3O4S/c19-13-9-23-15(21)18(13)7-6-16-14(20)11-8-12(22-17-11)10-4-2-1-3-5-10/h1-5,8H,6-7,9H2,(H,16,20). The molecule has 3 amide bonds. The van der Waals surface area contributed by atoms with Crippen LogP contribution in [0.5, 0.6) is 0 Å². The van der Waals surface area contributed by atoms with E-state index < -0.39 is 5.91 Å². The van der Waals surface area contributed by atoms with Crippen LogP contribution < -0.4 is 5.32 Å². The molecule has 1 fully saturated rings. The zero-order chi connectivity index (χ0) is 16.2. The minimum absolute atomic E-state index is 0.150. The third-order valence-electron chi connectivity index (χ3n) is 3.26. The summed E-state index contributed by atoms with van der Waals surface area (Å²) in [5.41, 5.74) is 0.974. The Labute approximate surface area is 136 Å². The maximum atomic E-state index is 12.0. The second-order valence-electron chi connectivity index (χ2n) is 4.80. The van der Waals surface area contributed by atoms with Gasteiger partial charge in [0.1, 0.15) is 0 Å². The first kappa shape index (κ1) is 15.3. The van der Waals surface area contributed by atoms with Crippen LogP contribution in [-0.4, -0.2) is 46.0 Å². The summed E-state index contributed by atoms with van der Waals surface area (Å²) in [7, 11) is 0. The molecule has 0 spiro atoms. The van der Waals surface area contributed by atoms with E-state index in [1.807, 2.05) is 30.3 Å². The van der Waals surface area contributed by atoms with Crippen LogP contribution in [0.2, 0.25) is 0 Å². The van der Waals surface area contributed by atoms with Gasteiger partial charge in [-0.25, -0.2) is 0 Å². The van der Waals surface area contributed by atoms with Crippen LogP contribution in [-0.2, 0) is 4.79 Å². The fourth-order valence-corrected chi connectivity index (χ4v) is 2.84. The molecule has 1 aliphatic heterocycles. The van der Waals surface area contributed by atoms with Crippen LogP contribution in [0.4, 0.5) is 4.79 Å². The highest BCUT2D eigenvalue weighted by molar-refractivity contribution is 8.14. The Morgan fingerprint density at radius 1 is 1.30 bits per heavy atom. The average molecular weight is 331 g/mol. The summed E-state index contributed by atoms with van der Waals surface area (Å²) in [6, 6.07) is 10.9. The maximum Gasteiger partial charge on any atom is 0.288 e. The number of hydrogen-bond acceptors (Lipinski definition) is 6. The SMILES string of the molecule is O=C(NCCN1C(=O)CSC1=O)c1cc(-c2ccccc2)on1. The quantitative estimate of drug-likeness (QED) is 0.897. The van der Waals surface area contributed by atoms with Crippen molar-refractivity contribution in [3.8, 4) is 11.3 Å². The molecule has 1 aliphatic rings. The normalized spacial score (nSPS) is 14.3. The van der Waals surface area contributed by atoms with Crippen LogP contribution >= 0.6 is 11.8 Å². The summed E-state index contributed by atoms with van der Waals surface area (Å²) >= 11 is 0.967. The van der Waals surface area contributed by atoms with Gasteiger partial charge >= 0.3 is 0 Å². The molecule has 3 rings (SSSR count). The fraction of sp³-hybridized carbons (Fsp3) is 0.200. The van der Waals surface area contributed by atoms with Crippen LogP contribution in [0, 0.1) is 0 Å². The number of benzene rings is 1. The van der Waals surface area contributed by atoms with Gasteiger partial charge < -0.3 is 9.84 Å². The van der Waals surface area contributed by atoms with Crippen molar-refractivity contribution in [3.05, 3.63) is 42.1 Å². The Hall–Kier alpha value is -2.61. The molecule has 0 radical (unpaired) electrons. The molecule has 8 heteroatoms. The molecule has 1 saturated heterocycles. The first-order valence-electron chi connectivity index (χ1n) is 6.92. The van der Waals surface area contributed by atoms with Crippen molar-refractivity contribution < 1.29 is 18.9 Å². The predicted molar refractivity (Wildman–Crippen MR) is 83.8 cm³/mol. The third-order valence-corrected chi connectivity index (χ3v) is 4.12. The molecule has 7 nitrogen and oxygen atoms in total. The smallest absolute Gasteiger partial charge is 0.288 e. The van der Waals surface area contributed by atoms with Gasteiger partial charge in [-0.3, -0.25) is 19.3 Å². The fourth-order valence-electron chi connectivity index (χ4n) is 2.09. The van der Waals surface area contributed by atoms with Crippen LogP contribution in [0.15, 0.2) is 40.9 Å². The Kier molecular flexibility index (Phi) is 4.42. The zero-order valence-electron chi connectivity index (χ0n) is 12.0. The first-order valence-corrected chi connectivity index (χ1v) is 7.91. The van der Waals surface area contributed by atoms with Gasteiger partial charge in [-0.05, 0) is 0 Å². The lowest BCUT2D eigenvalue weighted by molar-refractivity contribution is -0.124. The lowest BCUT2D eigenvalue weighted by atomic mass is 10.1.